The fraction of sp³-hybridized carbons (Fsp3) is 0.636. The first-order valence-corrected chi connectivity index (χ1v) is 5.50. The third kappa shape index (κ3) is 2.24. The Morgan fingerprint density at radius 3 is 2.88 bits per heavy atom. The molecular weight excluding hydrogens is 206 g/mol. The molecule has 2 N–H and O–H groups in total. The molecule has 0 bridgehead atoms. The fourth-order valence-corrected chi connectivity index (χ4v) is 1.76. The van der Waals surface area contributed by atoms with E-state index in [9.17, 15) is 9.90 Å². The van der Waals surface area contributed by atoms with Crippen LogP contribution in [0.4, 0.5) is 0 Å². The van der Waals surface area contributed by atoms with Gasteiger partial charge in [0.2, 0.25) is 0 Å². The van der Waals surface area contributed by atoms with Crippen LogP contribution in [0, 0.1) is 6.92 Å². The molecule has 2 rings (SSSR count). The number of aromatic nitrogens is 2. The van der Waals surface area contributed by atoms with Gasteiger partial charge in [-0.3, -0.25) is 10.1 Å². The van der Waals surface area contributed by atoms with Crippen molar-refractivity contribution in [2.24, 2.45) is 0 Å². The van der Waals surface area contributed by atoms with Crippen LogP contribution in [-0.2, 0) is 11.3 Å². The number of nitrogens with one attached hydrogen (secondary N) is 1. The van der Waals surface area contributed by atoms with Gasteiger partial charge in [0.1, 0.15) is 11.4 Å². The Hall–Kier alpha value is -1.36. The van der Waals surface area contributed by atoms with Gasteiger partial charge in [0.15, 0.2) is 0 Å². The molecule has 1 saturated carbocycles. The predicted octanol–water partition coefficient (Wildman–Crippen LogP) is 0.787. The van der Waals surface area contributed by atoms with Crippen molar-refractivity contribution in [3.63, 3.8) is 0 Å². The lowest BCUT2D eigenvalue weighted by Gasteiger charge is -2.27. The summed E-state index contributed by atoms with van der Waals surface area (Å²) in [6.45, 7) is 4.01. The van der Waals surface area contributed by atoms with E-state index >= 15 is 0 Å². The number of aliphatic carboxylic acids is 1. The maximum absolute atomic E-state index is 11.3. The van der Waals surface area contributed by atoms with Crippen molar-refractivity contribution in [3.05, 3.63) is 18.2 Å². The maximum Gasteiger partial charge on any atom is 0.325 e. The normalized spacial score (nSPS) is 19.4. The van der Waals surface area contributed by atoms with E-state index in [0.717, 1.165) is 18.7 Å². The van der Waals surface area contributed by atoms with Crippen LogP contribution >= 0.6 is 0 Å². The largest absolute Gasteiger partial charge is 0.480 e. The van der Waals surface area contributed by atoms with Gasteiger partial charge in [0, 0.05) is 18.4 Å². The zero-order valence-electron chi connectivity index (χ0n) is 9.60. The third-order valence-corrected chi connectivity index (χ3v) is 2.98. The first-order valence-electron chi connectivity index (χ1n) is 5.50. The van der Waals surface area contributed by atoms with Gasteiger partial charge in [0.25, 0.3) is 0 Å². The Labute approximate surface area is 94.5 Å². The molecule has 1 atom stereocenters. The third-order valence-electron chi connectivity index (χ3n) is 2.98. The number of hydrogen-bond donors (Lipinski definition) is 2. The molecule has 88 valence electrons. The van der Waals surface area contributed by atoms with Crippen LogP contribution in [-0.4, -0.2) is 32.2 Å². The smallest absolute Gasteiger partial charge is 0.325 e. The highest BCUT2D eigenvalue weighted by Crippen LogP contribution is 2.23. The highest BCUT2D eigenvalue weighted by atomic mass is 16.4. The number of carboxylic acids is 1. The van der Waals surface area contributed by atoms with Crippen molar-refractivity contribution in [3.8, 4) is 0 Å². The van der Waals surface area contributed by atoms with Crippen molar-refractivity contribution >= 4 is 5.97 Å². The molecule has 1 aliphatic carbocycles. The molecule has 5 nitrogen and oxygen atoms in total. The Balaban J connectivity index is 2.13. The van der Waals surface area contributed by atoms with Gasteiger partial charge in [-0.05, 0) is 26.7 Å². The van der Waals surface area contributed by atoms with E-state index in [1.165, 1.54) is 0 Å². The SMILES string of the molecule is Cc1nccn1CC(C)(NC1CC1)C(=O)O. The van der Waals surface area contributed by atoms with Gasteiger partial charge < -0.3 is 9.67 Å². The lowest BCUT2D eigenvalue weighted by atomic mass is 10.0. The summed E-state index contributed by atoms with van der Waals surface area (Å²) < 4.78 is 1.86. The maximum atomic E-state index is 11.3. The van der Waals surface area contributed by atoms with Crippen molar-refractivity contribution in [1.29, 1.82) is 0 Å². The van der Waals surface area contributed by atoms with Crippen LogP contribution in [0.5, 0.6) is 0 Å². The van der Waals surface area contributed by atoms with Gasteiger partial charge in [-0.25, -0.2) is 4.98 Å². The Bertz CT molecular complexity index is 398. The number of hydrogen-bond acceptors (Lipinski definition) is 3. The first kappa shape index (κ1) is 11.1. The molecule has 0 aromatic carbocycles. The van der Waals surface area contributed by atoms with Crippen LogP contribution in [0.3, 0.4) is 0 Å². The second kappa shape index (κ2) is 3.90. The minimum atomic E-state index is -0.910. The molecule has 0 aliphatic heterocycles. The number of aryl methyl sites for hydroxylation is 1. The molecule has 0 spiro atoms. The molecule has 1 aromatic heterocycles. The van der Waals surface area contributed by atoms with Crippen LogP contribution < -0.4 is 5.32 Å². The average Bonchev–Trinajstić information content (AvgIpc) is 2.91. The molecule has 1 fully saturated rings. The summed E-state index contributed by atoms with van der Waals surface area (Å²) in [7, 11) is 0. The molecule has 16 heavy (non-hydrogen) atoms. The standard InChI is InChI=1S/C11H17N3O2/c1-8-12-5-6-14(8)7-11(2,10(15)16)13-9-3-4-9/h5-6,9,13H,3-4,7H2,1-2H3,(H,15,16). The molecule has 1 aliphatic rings. The fourth-order valence-electron chi connectivity index (χ4n) is 1.76. The summed E-state index contributed by atoms with van der Waals surface area (Å²) >= 11 is 0. The minimum absolute atomic E-state index is 0.366. The Morgan fingerprint density at radius 1 is 1.75 bits per heavy atom. The van der Waals surface area contributed by atoms with Gasteiger partial charge in [-0.15, -0.1) is 0 Å². The van der Waals surface area contributed by atoms with Gasteiger partial charge in [0.05, 0.1) is 6.54 Å². The van der Waals surface area contributed by atoms with E-state index in [0.29, 0.717) is 12.6 Å². The summed E-state index contributed by atoms with van der Waals surface area (Å²) in [6, 6.07) is 0.366. The Kier molecular flexibility index (Phi) is 2.71. The Morgan fingerprint density at radius 2 is 2.44 bits per heavy atom. The summed E-state index contributed by atoms with van der Waals surface area (Å²) in [6.07, 6.45) is 5.65. The number of carbonyl (C=O) groups is 1. The van der Waals surface area contributed by atoms with Gasteiger partial charge in [-0.1, -0.05) is 0 Å². The molecule has 1 unspecified atom stereocenters. The number of rotatable bonds is 5. The van der Waals surface area contributed by atoms with E-state index in [1.807, 2.05) is 17.7 Å². The number of nitrogens with zero attached hydrogens (tertiary/aromatic N) is 2. The summed E-state index contributed by atoms with van der Waals surface area (Å²) in [5.41, 5.74) is -0.910. The number of imidazole rings is 1. The van der Waals surface area contributed by atoms with Crippen molar-refractivity contribution in [1.82, 2.24) is 14.9 Å². The zero-order chi connectivity index (χ0) is 11.8. The number of carboxylic acid groups (broad SMARTS) is 1. The highest BCUT2D eigenvalue weighted by Gasteiger charge is 2.38. The van der Waals surface area contributed by atoms with E-state index in [2.05, 4.69) is 10.3 Å². The van der Waals surface area contributed by atoms with Crippen molar-refractivity contribution in [2.45, 2.75) is 44.8 Å². The van der Waals surface area contributed by atoms with Crippen LogP contribution in [0.15, 0.2) is 12.4 Å². The molecule has 1 aromatic rings. The minimum Gasteiger partial charge on any atom is -0.480 e. The highest BCUT2D eigenvalue weighted by molar-refractivity contribution is 5.78. The molecule has 0 saturated heterocycles. The molecule has 5 heteroatoms. The topological polar surface area (TPSA) is 67.2 Å². The van der Waals surface area contributed by atoms with Crippen LogP contribution in [0.1, 0.15) is 25.6 Å². The lowest BCUT2D eigenvalue weighted by Crippen LogP contribution is -2.53. The van der Waals surface area contributed by atoms with E-state index in [-0.39, 0.29) is 0 Å². The van der Waals surface area contributed by atoms with Gasteiger partial charge in [-0.2, -0.15) is 0 Å². The zero-order valence-corrected chi connectivity index (χ0v) is 9.60. The second-order valence-electron chi connectivity index (χ2n) is 4.66. The van der Waals surface area contributed by atoms with Crippen molar-refractivity contribution < 1.29 is 9.90 Å². The quantitative estimate of drug-likeness (QED) is 0.774. The van der Waals surface area contributed by atoms with Crippen LogP contribution in [0.25, 0.3) is 0 Å². The summed E-state index contributed by atoms with van der Waals surface area (Å²) in [4.78, 5) is 15.4. The van der Waals surface area contributed by atoms with Crippen LogP contribution in [0.2, 0.25) is 0 Å². The van der Waals surface area contributed by atoms with E-state index in [1.54, 1.807) is 13.1 Å². The molecular formula is C11H17N3O2. The molecule has 1 heterocycles. The summed E-state index contributed by atoms with van der Waals surface area (Å²) in [5, 5.41) is 12.5. The lowest BCUT2D eigenvalue weighted by molar-refractivity contribution is -0.144. The second-order valence-corrected chi connectivity index (χ2v) is 4.66. The predicted molar refractivity (Wildman–Crippen MR) is 59.2 cm³/mol. The summed E-state index contributed by atoms with van der Waals surface area (Å²) in [5.74, 6) is 0.0255. The van der Waals surface area contributed by atoms with Crippen molar-refractivity contribution in [2.75, 3.05) is 0 Å². The van der Waals surface area contributed by atoms with Gasteiger partial charge >= 0.3 is 5.97 Å². The van der Waals surface area contributed by atoms with E-state index in [4.69, 9.17) is 0 Å². The molecule has 0 amide bonds. The molecule has 0 radical (unpaired) electrons. The first-order chi connectivity index (χ1) is 7.51. The monoisotopic (exact) mass is 223 g/mol. The average molecular weight is 223 g/mol. The van der Waals surface area contributed by atoms with E-state index < -0.39 is 11.5 Å².